The fraction of sp³-hybridized carbons (Fsp3) is 0.524. The summed E-state index contributed by atoms with van der Waals surface area (Å²) in [6.07, 6.45) is 1.03. The zero-order valence-electron chi connectivity index (χ0n) is 17.1. The Morgan fingerprint density at radius 2 is 1.96 bits per heavy atom. The summed E-state index contributed by atoms with van der Waals surface area (Å²) in [5.74, 6) is 0. The zero-order valence-corrected chi connectivity index (χ0v) is 17.9. The third-order valence-electron chi connectivity index (χ3n) is 5.56. The maximum absolute atomic E-state index is 12.6. The van der Waals surface area contributed by atoms with Gasteiger partial charge in [-0.2, -0.15) is 0 Å². The number of hydrogen-bond acceptors (Lipinski definition) is 3. The second-order valence-corrected chi connectivity index (χ2v) is 7.98. The highest BCUT2D eigenvalue weighted by Gasteiger charge is 2.16. The van der Waals surface area contributed by atoms with E-state index in [2.05, 4.69) is 35.1 Å². The van der Waals surface area contributed by atoms with Crippen LogP contribution in [-0.4, -0.2) is 61.4 Å². The van der Waals surface area contributed by atoms with Crippen LogP contribution in [-0.2, 0) is 11.3 Å². The number of benzene rings is 1. The van der Waals surface area contributed by atoms with Crippen molar-refractivity contribution < 1.29 is 9.64 Å². The minimum absolute atomic E-state index is 0.0431. The van der Waals surface area contributed by atoms with Crippen LogP contribution in [0.1, 0.15) is 23.1 Å². The molecule has 2 heterocycles. The van der Waals surface area contributed by atoms with Crippen LogP contribution < -0.4 is 15.8 Å². The van der Waals surface area contributed by atoms with Crippen LogP contribution in [0.4, 0.5) is 0 Å². The third-order valence-corrected chi connectivity index (χ3v) is 6.02. The van der Waals surface area contributed by atoms with E-state index in [-0.39, 0.29) is 5.56 Å². The Kier molecular flexibility index (Phi) is 7.04. The van der Waals surface area contributed by atoms with Crippen LogP contribution in [0.5, 0.6) is 0 Å². The van der Waals surface area contributed by atoms with Crippen LogP contribution in [0.2, 0.25) is 0 Å². The number of aromatic amines is 1. The molecule has 6 nitrogen and oxygen atoms in total. The first-order valence-corrected chi connectivity index (χ1v) is 10.4. The molecule has 0 radical (unpaired) electrons. The van der Waals surface area contributed by atoms with E-state index in [1.54, 1.807) is 4.90 Å². The summed E-state index contributed by atoms with van der Waals surface area (Å²) in [6.45, 7) is 10.4. The van der Waals surface area contributed by atoms with Crippen LogP contribution >= 0.6 is 12.2 Å². The average Bonchev–Trinajstić information content (AvgIpc) is 2.69. The van der Waals surface area contributed by atoms with Gasteiger partial charge in [-0.1, -0.05) is 0 Å². The average molecular weight is 404 g/mol. The number of H-pyrrole nitrogens is 1. The summed E-state index contributed by atoms with van der Waals surface area (Å²) in [5.41, 5.74) is 3.99. The van der Waals surface area contributed by atoms with Crippen molar-refractivity contribution in [2.45, 2.75) is 26.8 Å². The van der Waals surface area contributed by atoms with Crippen LogP contribution in [0.3, 0.4) is 0 Å². The Hall–Kier alpha value is -1.96. The molecule has 0 spiro atoms. The standard InChI is InChI=1S/C21H30N4O2S/c1-15-11-17-13-18(20(26)23-19(17)12-16(15)2)14-25(21(28)22-3)6-4-5-24-7-9-27-10-8-24/h11-13H,4-10,14H2,1-3H3,(H,22,28)(H,23,26)/p+1. The summed E-state index contributed by atoms with van der Waals surface area (Å²) in [5, 5.41) is 4.80. The summed E-state index contributed by atoms with van der Waals surface area (Å²) in [7, 11) is 1.83. The maximum Gasteiger partial charge on any atom is 0.253 e. The number of hydrogen-bond donors (Lipinski definition) is 3. The van der Waals surface area contributed by atoms with Gasteiger partial charge in [0.2, 0.25) is 0 Å². The molecule has 0 unspecified atom stereocenters. The van der Waals surface area contributed by atoms with Gasteiger partial charge in [-0.25, -0.2) is 0 Å². The highest BCUT2D eigenvalue weighted by molar-refractivity contribution is 7.80. The monoisotopic (exact) mass is 403 g/mol. The lowest BCUT2D eigenvalue weighted by Gasteiger charge is -2.27. The highest BCUT2D eigenvalue weighted by atomic mass is 32.1. The normalized spacial score (nSPS) is 15.0. The molecule has 0 aliphatic carbocycles. The van der Waals surface area contributed by atoms with Crippen LogP contribution in [0, 0.1) is 13.8 Å². The lowest BCUT2D eigenvalue weighted by Crippen LogP contribution is -3.14. The van der Waals surface area contributed by atoms with Crippen molar-refractivity contribution in [2.24, 2.45) is 0 Å². The third kappa shape index (κ3) is 5.10. The molecule has 1 aliphatic heterocycles. The van der Waals surface area contributed by atoms with Gasteiger partial charge in [0.25, 0.3) is 5.56 Å². The van der Waals surface area contributed by atoms with Gasteiger partial charge in [-0.15, -0.1) is 0 Å². The molecule has 0 saturated carbocycles. The summed E-state index contributed by atoms with van der Waals surface area (Å²) in [4.78, 5) is 19.3. The minimum atomic E-state index is -0.0431. The van der Waals surface area contributed by atoms with Gasteiger partial charge in [0.1, 0.15) is 13.1 Å². The maximum atomic E-state index is 12.6. The topological polar surface area (TPSA) is 61.8 Å². The molecule has 1 fully saturated rings. The van der Waals surface area contributed by atoms with Gasteiger partial charge in [-0.3, -0.25) is 4.79 Å². The SMILES string of the molecule is CNC(=S)N(CCC[NH+]1CCOCC1)Cc1cc2cc(C)c(C)cc2[nH]c1=O. The number of nitrogens with one attached hydrogen (secondary N) is 3. The van der Waals surface area contributed by atoms with Gasteiger partial charge >= 0.3 is 0 Å². The number of nitrogens with zero attached hydrogens (tertiary/aromatic N) is 1. The molecule has 152 valence electrons. The van der Waals surface area contributed by atoms with Crippen molar-refractivity contribution in [2.75, 3.05) is 46.4 Å². The number of aromatic nitrogens is 1. The number of thiocarbonyl (C=S) groups is 1. The van der Waals surface area contributed by atoms with Crippen molar-refractivity contribution in [1.29, 1.82) is 0 Å². The first-order valence-electron chi connectivity index (χ1n) is 9.99. The molecule has 1 aromatic carbocycles. The number of quaternary nitrogens is 1. The summed E-state index contributed by atoms with van der Waals surface area (Å²) >= 11 is 5.50. The van der Waals surface area contributed by atoms with E-state index in [4.69, 9.17) is 17.0 Å². The predicted molar refractivity (Wildman–Crippen MR) is 117 cm³/mol. The molecule has 28 heavy (non-hydrogen) atoms. The summed E-state index contributed by atoms with van der Waals surface area (Å²) < 4.78 is 5.43. The fourth-order valence-corrected chi connectivity index (χ4v) is 3.84. The largest absolute Gasteiger partial charge is 0.370 e. The molecular formula is C21H31N4O2S+. The number of pyridine rings is 1. The first kappa shape index (κ1) is 20.8. The van der Waals surface area contributed by atoms with Crippen molar-refractivity contribution in [1.82, 2.24) is 15.2 Å². The number of fused-ring (bicyclic) bond motifs is 1. The van der Waals surface area contributed by atoms with E-state index in [0.717, 1.165) is 62.3 Å². The van der Waals surface area contributed by atoms with Crippen LogP contribution in [0.25, 0.3) is 10.9 Å². The molecule has 1 saturated heterocycles. The van der Waals surface area contributed by atoms with Crippen molar-refractivity contribution in [3.63, 3.8) is 0 Å². The van der Waals surface area contributed by atoms with Crippen LogP contribution in [0.15, 0.2) is 23.0 Å². The van der Waals surface area contributed by atoms with E-state index in [1.807, 2.05) is 19.2 Å². The van der Waals surface area contributed by atoms with Crippen molar-refractivity contribution in [3.05, 3.63) is 45.2 Å². The minimum Gasteiger partial charge on any atom is -0.370 e. The second kappa shape index (κ2) is 9.49. The van der Waals surface area contributed by atoms with Gasteiger partial charge in [0, 0.05) is 31.1 Å². The van der Waals surface area contributed by atoms with E-state index >= 15 is 0 Å². The highest BCUT2D eigenvalue weighted by Crippen LogP contribution is 2.17. The molecule has 2 aromatic rings. The molecule has 1 aliphatic rings. The Balaban J connectivity index is 1.72. The predicted octanol–water partition coefficient (Wildman–Crippen LogP) is 0.756. The molecular weight excluding hydrogens is 372 g/mol. The molecule has 1 aromatic heterocycles. The lowest BCUT2D eigenvalue weighted by atomic mass is 10.0. The van der Waals surface area contributed by atoms with E-state index in [1.165, 1.54) is 11.1 Å². The van der Waals surface area contributed by atoms with Gasteiger partial charge in [0.15, 0.2) is 5.11 Å². The first-order chi connectivity index (χ1) is 13.5. The number of ether oxygens (including phenoxy) is 1. The smallest absolute Gasteiger partial charge is 0.253 e. The van der Waals surface area contributed by atoms with Gasteiger partial charge in [0.05, 0.1) is 26.3 Å². The molecule has 0 amide bonds. The number of rotatable bonds is 6. The Morgan fingerprint density at radius 1 is 1.25 bits per heavy atom. The molecule has 0 bridgehead atoms. The van der Waals surface area contributed by atoms with Crippen molar-refractivity contribution in [3.8, 4) is 0 Å². The quantitative estimate of drug-likeness (QED) is 0.622. The number of aryl methyl sites for hydroxylation is 2. The Bertz CT molecular complexity index is 890. The van der Waals surface area contributed by atoms with Gasteiger partial charge < -0.3 is 24.8 Å². The fourth-order valence-electron chi connectivity index (χ4n) is 3.69. The van der Waals surface area contributed by atoms with E-state index in [0.29, 0.717) is 11.7 Å². The number of morpholine rings is 1. The van der Waals surface area contributed by atoms with E-state index in [9.17, 15) is 4.79 Å². The molecule has 3 N–H and O–H groups in total. The molecule has 0 atom stereocenters. The lowest BCUT2D eigenvalue weighted by molar-refractivity contribution is -0.908. The Labute approximate surface area is 171 Å². The summed E-state index contributed by atoms with van der Waals surface area (Å²) in [6, 6.07) is 6.17. The second-order valence-electron chi connectivity index (χ2n) is 7.59. The van der Waals surface area contributed by atoms with E-state index < -0.39 is 0 Å². The van der Waals surface area contributed by atoms with Gasteiger partial charge in [-0.05, 0) is 60.8 Å². The van der Waals surface area contributed by atoms with Crippen molar-refractivity contribution >= 4 is 28.2 Å². The molecule has 7 heteroatoms. The zero-order chi connectivity index (χ0) is 20.1. The molecule has 3 rings (SSSR count). The Morgan fingerprint density at radius 3 is 2.68 bits per heavy atom.